The average Bonchev–Trinajstić information content (AvgIpc) is 2.47. The molecule has 1 N–H and O–H groups in total. The third-order valence-electron chi connectivity index (χ3n) is 3.57. The van der Waals surface area contributed by atoms with E-state index >= 15 is 0 Å². The summed E-state index contributed by atoms with van der Waals surface area (Å²) in [7, 11) is 1.72. The van der Waals surface area contributed by atoms with E-state index < -0.39 is 0 Å². The van der Waals surface area contributed by atoms with Crippen LogP contribution in [0, 0.1) is 0 Å². The maximum Gasteiger partial charge on any atom is 0.129 e. The van der Waals surface area contributed by atoms with Gasteiger partial charge in [-0.1, -0.05) is 32.4 Å². The van der Waals surface area contributed by atoms with Gasteiger partial charge in [-0.3, -0.25) is 0 Å². The van der Waals surface area contributed by atoms with Crippen molar-refractivity contribution in [2.24, 2.45) is 0 Å². The van der Waals surface area contributed by atoms with Crippen LogP contribution in [0.1, 0.15) is 39.7 Å². The van der Waals surface area contributed by atoms with Crippen molar-refractivity contribution in [3.05, 3.63) is 22.8 Å². The molecular weight excluding hydrogens is 286 g/mol. The number of hydrogen-bond donors (Lipinski definition) is 1. The Hall–Kier alpha value is -0.840. The van der Waals surface area contributed by atoms with Crippen LogP contribution in [-0.4, -0.2) is 37.3 Å². The van der Waals surface area contributed by atoms with Crippen LogP contribution in [0.5, 0.6) is 0 Å². The summed E-state index contributed by atoms with van der Waals surface area (Å²) in [5.74, 6) is 0.964. The lowest BCUT2D eigenvalue weighted by Gasteiger charge is -2.30. The van der Waals surface area contributed by atoms with Crippen LogP contribution in [0.2, 0.25) is 5.02 Å². The monoisotopic (exact) mass is 313 g/mol. The molecule has 1 unspecified atom stereocenters. The van der Waals surface area contributed by atoms with Gasteiger partial charge in [-0.15, -0.1) is 0 Å². The van der Waals surface area contributed by atoms with Crippen molar-refractivity contribution in [3.63, 3.8) is 0 Å². The zero-order valence-corrected chi connectivity index (χ0v) is 14.6. The smallest absolute Gasteiger partial charge is 0.129 e. The highest BCUT2D eigenvalue weighted by molar-refractivity contribution is 6.31. The van der Waals surface area contributed by atoms with E-state index in [1.807, 2.05) is 0 Å². The van der Waals surface area contributed by atoms with Crippen molar-refractivity contribution in [1.82, 2.24) is 10.3 Å². The Morgan fingerprint density at radius 2 is 2.10 bits per heavy atom. The van der Waals surface area contributed by atoms with Gasteiger partial charge in [0.15, 0.2) is 0 Å². The Bertz CT molecular complexity index is 426. The van der Waals surface area contributed by atoms with Gasteiger partial charge in [0.1, 0.15) is 5.82 Å². The van der Waals surface area contributed by atoms with E-state index in [9.17, 15) is 0 Å². The van der Waals surface area contributed by atoms with Crippen LogP contribution < -0.4 is 10.2 Å². The Morgan fingerprint density at radius 3 is 2.67 bits per heavy atom. The molecule has 4 nitrogen and oxygen atoms in total. The molecule has 1 rings (SSSR count). The molecule has 0 aliphatic carbocycles. The fourth-order valence-corrected chi connectivity index (χ4v) is 2.22. The Kier molecular flexibility index (Phi) is 8.01. The van der Waals surface area contributed by atoms with Gasteiger partial charge >= 0.3 is 0 Å². The molecule has 0 saturated heterocycles. The van der Waals surface area contributed by atoms with Crippen LogP contribution in [0.3, 0.4) is 0 Å². The lowest BCUT2D eigenvalue weighted by molar-refractivity contribution is 0.203. The molecule has 0 fully saturated rings. The van der Waals surface area contributed by atoms with Crippen molar-refractivity contribution in [1.29, 1.82) is 0 Å². The number of ether oxygens (including phenoxy) is 1. The van der Waals surface area contributed by atoms with Crippen molar-refractivity contribution < 1.29 is 4.74 Å². The van der Waals surface area contributed by atoms with Crippen LogP contribution in [0.15, 0.2) is 12.3 Å². The van der Waals surface area contributed by atoms with E-state index in [1.54, 1.807) is 13.3 Å². The van der Waals surface area contributed by atoms with Gasteiger partial charge in [0, 0.05) is 38.5 Å². The van der Waals surface area contributed by atoms with Crippen LogP contribution in [0.25, 0.3) is 0 Å². The highest BCUT2D eigenvalue weighted by Crippen LogP contribution is 2.22. The summed E-state index contributed by atoms with van der Waals surface area (Å²) in [4.78, 5) is 6.78. The van der Waals surface area contributed by atoms with Gasteiger partial charge < -0.3 is 15.0 Å². The highest BCUT2D eigenvalue weighted by Gasteiger charge is 2.15. The van der Waals surface area contributed by atoms with Crippen molar-refractivity contribution in [2.75, 3.05) is 25.2 Å². The standard InChI is InChI=1S/C16H28ClN3O/c1-6-13(4)20(7-8-21-5)16-9-14(10-18-12(2)3)15(17)11-19-16/h9,11-13,18H,6-8,10H2,1-5H3. The Morgan fingerprint density at radius 1 is 1.38 bits per heavy atom. The first-order valence-corrected chi connectivity index (χ1v) is 8.00. The van der Waals surface area contributed by atoms with E-state index in [4.69, 9.17) is 16.3 Å². The molecule has 0 aliphatic heterocycles. The highest BCUT2D eigenvalue weighted by atomic mass is 35.5. The number of aromatic nitrogens is 1. The zero-order chi connectivity index (χ0) is 15.8. The topological polar surface area (TPSA) is 37.4 Å². The van der Waals surface area contributed by atoms with Crippen LogP contribution >= 0.6 is 11.6 Å². The molecule has 21 heavy (non-hydrogen) atoms. The first kappa shape index (κ1) is 18.2. The van der Waals surface area contributed by atoms with E-state index in [1.165, 1.54) is 0 Å². The molecule has 0 aromatic carbocycles. The summed E-state index contributed by atoms with van der Waals surface area (Å²) in [5.41, 5.74) is 1.08. The minimum atomic E-state index is 0.416. The fourth-order valence-electron chi connectivity index (χ4n) is 2.05. The minimum absolute atomic E-state index is 0.416. The second kappa shape index (κ2) is 9.23. The number of nitrogens with zero attached hydrogens (tertiary/aromatic N) is 2. The lowest BCUT2D eigenvalue weighted by Crippen LogP contribution is -2.36. The summed E-state index contributed by atoms with van der Waals surface area (Å²) in [6, 6.07) is 2.93. The molecule has 1 aromatic rings. The van der Waals surface area contributed by atoms with Gasteiger partial charge in [0.2, 0.25) is 0 Å². The SMILES string of the molecule is CCC(C)N(CCOC)c1cc(CNC(C)C)c(Cl)cn1. The molecule has 1 heterocycles. The largest absolute Gasteiger partial charge is 0.383 e. The van der Waals surface area contributed by atoms with Gasteiger partial charge in [-0.2, -0.15) is 0 Å². The average molecular weight is 314 g/mol. The van der Waals surface area contributed by atoms with E-state index in [0.717, 1.165) is 30.9 Å². The minimum Gasteiger partial charge on any atom is -0.383 e. The molecule has 0 radical (unpaired) electrons. The second-order valence-corrected chi connectivity index (χ2v) is 6.02. The molecule has 1 atom stereocenters. The molecule has 0 saturated carbocycles. The summed E-state index contributed by atoms with van der Waals surface area (Å²) >= 11 is 6.26. The van der Waals surface area contributed by atoms with Crippen molar-refractivity contribution in [3.8, 4) is 0 Å². The lowest BCUT2D eigenvalue weighted by atomic mass is 10.2. The zero-order valence-electron chi connectivity index (χ0n) is 13.8. The summed E-state index contributed by atoms with van der Waals surface area (Å²) in [6.07, 6.45) is 2.81. The number of halogens is 1. The summed E-state index contributed by atoms with van der Waals surface area (Å²) in [6.45, 7) is 10.9. The Balaban J connectivity index is 2.94. The fraction of sp³-hybridized carbons (Fsp3) is 0.688. The molecule has 0 bridgehead atoms. The molecule has 5 heteroatoms. The van der Waals surface area contributed by atoms with Gasteiger partial charge in [-0.05, 0) is 25.0 Å². The predicted molar refractivity (Wildman–Crippen MR) is 90.2 cm³/mol. The van der Waals surface area contributed by atoms with Crippen molar-refractivity contribution >= 4 is 17.4 Å². The first-order chi connectivity index (χ1) is 9.99. The number of nitrogens with one attached hydrogen (secondary N) is 1. The van der Waals surface area contributed by atoms with Gasteiger partial charge in [0.05, 0.1) is 11.6 Å². The number of rotatable bonds is 9. The number of methoxy groups -OCH3 is 1. The first-order valence-electron chi connectivity index (χ1n) is 7.62. The quantitative estimate of drug-likeness (QED) is 0.757. The third kappa shape index (κ3) is 5.81. The number of anilines is 1. The van der Waals surface area contributed by atoms with Crippen molar-refractivity contribution in [2.45, 2.75) is 52.7 Å². The Labute approximate surface area is 133 Å². The maximum atomic E-state index is 6.26. The molecule has 0 aliphatic rings. The van der Waals surface area contributed by atoms with E-state index in [0.29, 0.717) is 23.7 Å². The van der Waals surface area contributed by atoms with Gasteiger partial charge in [0.25, 0.3) is 0 Å². The maximum absolute atomic E-state index is 6.26. The summed E-state index contributed by atoms with van der Waals surface area (Å²) in [5, 5.41) is 4.11. The predicted octanol–water partition coefficient (Wildman–Crippen LogP) is 3.48. The molecule has 0 amide bonds. The molecule has 120 valence electrons. The van der Waals surface area contributed by atoms with E-state index in [-0.39, 0.29) is 0 Å². The molecule has 0 spiro atoms. The van der Waals surface area contributed by atoms with Gasteiger partial charge in [-0.25, -0.2) is 4.98 Å². The number of pyridine rings is 1. The summed E-state index contributed by atoms with van der Waals surface area (Å²) < 4.78 is 5.21. The normalized spacial score (nSPS) is 12.7. The van der Waals surface area contributed by atoms with E-state index in [2.05, 4.69) is 49.0 Å². The van der Waals surface area contributed by atoms with Crippen LogP contribution in [-0.2, 0) is 11.3 Å². The number of hydrogen-bond acceptors (Lipinski definition) is 4. The molecular formula is C16H28ClN3O. The second-order valence-electron chi connectivity index (χ2n) is 5.61. The molecule has 1 aromatic heterocycles. The van der Waals surface area contributed by atoms with Crippen LogP contribution in [0.4, 0.5) is 5.82 Å². The third-order valence-corrected chi connectivity index (χ3v) is 3.91.